The molecule has 1 saturated heterocycles. The van der Waals surface area contributed by atoms with E-state index in [9.17, 15) is 4.79 Å². The van der Waals surface area contributed by atoms with Crippen molar-refractivity contribution < 1.29 is 13.9 Å². The molecule has 5 nitrogen and oxygen atoms in total. The Morgan fingerprint density at radius 2 is 2.50 bits per heavy atom. The second kappa shape index (κ2) is 7.07. The summed E-state index contributed by atoms with van der Waals surface area (Å²) in [4.78, 5) is 19.7. The third-order valence-electron chi connectivity index (χ3n) is 3.74. The molecule has 2 aromatic heterocycles. The summed E-state index contributed by atoms with van der Waals surface area (Å²) in [6, 6.07) is 3.87. The number of carbonyl (C=O) groups is 1. The summed E-state index contributed by atoms with van der Waals surface area (Å²) in [6.45, 7) is 4.22. The van der Waals surface area contributed by atoms with Gasteiger partial charge in [0.05, 0.1) is 11.0 Å². The summed E-state index contributed by atoms with van der Waals surface area (Å²) in [7, 11) is 0. The van der Waals surface area contributed by atoms with Crippen LogP contribution in [0.1, 0.15) is 36.7 Å². The molecule has 118 valence electrons. The Morgan fingerprint density at radius 1 is 1.59 bits per heavy atom. The Labute approximate surface area is 133 Å². The molecule has 0 bridgehead atoms. The predicted molar refractivity (Wildman–Crippen MR) is 85.0 cm³/mol. The number of aromatic nitrogens is 1. The monoisotopic (exact) mass is 320 g/mol. The first-order valence-corrected chi connectivity index (χ1v) is 8.55. The second-order valence-electron chi connectivity index (χ2n) is 5.39. The van der Waals surface area contributed by atoms with E-state index in [1.165, 1.54) is 6.39 Å². The largest absolute Gasteiger partial charge is 0.442 e. The van der Waals surface area contributed by atoms with Gasteiger partial charge in [0, 0.05) is 19.7 Å². The first-order valence-electron chi connectivity index (χ1n) is 7.67. The van der Waals surface area contributed by atoms with Crippen molar-refractivity contribution >= 4 is 17.2 Å². The number of hydrogen-bond acceptors (Lipinski definition) is 5. The minimum absolute atomic E-state index is 0.0676. The van der Waals surface area contributed by atoms with Crippen molar-refractivity contribution in [1.82, 2.24) is 9.88 Å². The second-order valence-corrected chi connectivity index (χ2v) is 6.34. The van der Waals surface area contributed by atoms with Crippen LogP contribution in [0, 0.1) is 0 Å². The van der Waals surface area contributed by atoms with Crippen LogP contribution in [0.15, 0.2) is 28.3 Å². The maximum Gasteiger partial charge on any atom is 0.276 e. The first kappa shape index (κ1) is 15.2. The van der Waals surface area contributed by atoms with Gasteiger partial charge >= 0.3 is 0 Å². The molecule has 0 saturated carbocycles. The van der Waals surface area contributed by atoms with Gasteiger partial charge in [-0.1, -0.05) is 13.0 Å². The van der Waals surface area contributed by atoms with E-state index in [1.54, 1.807) is 11.3 Å². The number of nitrogens with zero attached hydrogens (tertiary/aromatic N) is 2. The maximum absolute atomic E-state index is 12.7. The molecule has 2 aromatic rings. The summed E-state index contributed by atoms with van der Waals surface area (Å²) >= 11 is 1.54. The van der Waals surface area contributed by atoms with Gasteiger partial charge in [-0.3, -0.25) is 4.79 Å². The van der Waals surface area contributed by atoms with Gasteiger partial charge in [0.1, 0.15) is 0 Å². The summed E-state index contributed by atoms with van der Waals surface area (Å²) < 4.78 is 11.2. The zero-order chi connectivity index (χ0) is 15.4. The van der Waals surface area contributed by atoms with Crippen molar-refractivity contribution in [3.8, 4) is 10.6 Å². The van der Waals surface area contributed by atoms with Crippen LogP contribution < -0.4 is 0 Å². The summed E-state index contributed by atoms with van der Waals surface area (Å²) in [6.07, 6.45) is 4.45. The average molecular weight is 320 g/mol. The van der Waals surface area contributed by atoms with E-state index in [0.29, 0.717) is 18.0 Å². The summed E-state index contributed by atoms with van der Waals surface area (Å²) in [5.41, 5.74) is 0.401. The lowest BCUT2D eigenvalue weighted by atomic mass is 10.1. The smallest absolute Gasteiger partial charge is 0.276 e. The molecule has 0 N–H and O–H groups in total. The van der Waals surface area contributed by atoms with E-state index in [0.717, 1.165) is 37.3 Å². The number of amides is 1. The van der Waals surface area contributed by atoms with Crippen LogP contribution in [0.4, 0.5) is 0 Å². The molecule has 1 aliphatic heterocycles. The minimum atomic E-state index is -0.0676. The topological polar surface area (TPSA) is 55.6 Å². The Bertz CT molecular complexity index is 609. The van der Waals surface area contributed by atoms with E-state index >= 15 is 0 Å². The zero-order valence-corrected chi connectivity index (χ0v) is 13.5. The van der Waals surface area contributed by atoms with Gasteiger partial charge in [0.25, 0.3) is 5.91 Å². The van der Waals surface area contributed by atoms with Crippen LogP contribution in [0.25, 0.3) is 10.6 Å². The molecule has 0 unspecified atom stereocenters. The molecular weight excluding hydrogens is 300 g/mol. The number of thiophene rings is 1. The fraction of sp³-hybridized carbons (Fsp3) is 0.500. The van der Waals surface area contributed by atoms with Crippen molar-refractivity contribution in [2.24, 2.45) is 0 Å². The van der Waals surface area contributed by atoms with Crippen molar-refractivity contribution in [2.45, 2.75) is 32.3 Å². The van der Waals surface area contributed by atoms with E-state index < -0.39 is 0 Å². The third-order valence-corrected chi connectivity index (χ3v) is 4.61. The van der Waals surface area contributed by atoms with Crippen LogP contribution in [0.5, 0.6) is 0 Å². The summed E-state index contributed by atoms with van der Waals surface area (Å²) in [5, 5.41) is 1.96. The number of carbonyl (C=O) groups excluding carboxylic acids is 1. The first-order chi connectivity index (χ1) is 10.8. The highest BCUT2D eigenvalue weighted by Gasteiger charge is 2.28. The Kier molecular flexibility index (Phi) is 4.90. The van der Waals surface area contributed by atoms with E-state index in [-0.39, 0.29) is 12.0 Å². The Balaban J connectivity index is 1.73. The van der Waals surface area contributed by atoms with Crippen LogP contribution >= 0.6 is 11.3 Å². The van der Waals surface area contributed by atoms with Crippen LogP contribution in [-0.4, -0.2) is 41.6 Å². The number of rotatable bonds is 5. The highest BCUT2D eigenvalue weighted by atomic mass is 32.1. The number of likely N-dealkylation sites (tertiary alicyclic amines) is 1. The Hall–Kier alpha value is -1.66. The molecule has 0 radical (unpaired) electrons. The van der Waals surface area contributed by atoms with Gasteiger partial charge in [-0.25, -0.2) is 4.98 Å². The highest BCUT2D eigenvalue weighted by Crippen LogP contribution is 2.29. The SMILES string of the molecule is CCCO[C@H]1CCCN(C(=O)c2ncoc2-c2cccs2)C1. The lowest BCUT2D eigenvalue weighted by Crippen LogP contribution is -2.43. The van der Waals surface area contributed by atoms with Gasteiger partial charge < -0.3 is 14.1 Å². The average Bonchev–Trinajstić information content (AvgIpc) is 3.22. The van der Waals surface area contributed by atoms with Gasteiger partial charge in [-0.2, -0.15) is 0 Å². The van der Waals surface area contributed by atoms with Crippen molar-refractivity contribution in [3.63, 3.8) is 0 Å². The third kappa shape index (κ3) is 3.23. The molecule has 0 aliphatic carbocycles. The molecule has 6 heteroatoms. The number of piperidine rings is 1. The molecule has 1 fully saturated rings. The van der Waals surface area contributed by atoms with E-state index in [4.69, 9.17) is 9.15 Å². The molecule has 1 aliphatic rings. The fourth-order valence-electron chi connectivity index (χ4n) is 2.67. The minimum Gasteiger partial charge on any atom is -0.442 e. The van der Waals surface area contributed by atoms with Gasteiger partial charge in [-0.05, 0) is 30.7 Å². The van der Waals surface area contributed by atoms with E-state index in [2.05, 4.69) is 11.9 Å². The van der Waals surface area contributed by atoms with Crippen LogP contribution in [-0.2, 0) is 4.74 Å². The molecular formula is C16H20N2O3S. The molecule has 3 rings (SSSR count). The zero-order valence-electron chi connectivity index (χ0n) is 12.7. The Morgan fingerprint density at radius 3 is 3.27 bits per heavy atom. The lowest BCUT2D eigenvalue weighted by molar-refractivity contribution is 0.00195. The highest BCUT2D eigenvalue weighted by molar-refractivity contribution is 7.13. The van der Waals surface area contributed by atoms with Crippen molar-refractivity contribution in [1.29, 1.82) is 0 Å². The van der Waals surface area contributed by atoms with Crippen molar-refractivity contribution in [2.75, 3.05) is 19.7 Å². The van der Waals surface area contributed by atoms with Gasteiger partial charge in [-0.15, -0.1) is 11.3 Å². The molecule has 3 heterocycles. The number of hydrogen-bond donors (Lipinski definition) is 0. The van der Waals surface area contributed by atoms with Crippen LogP contribution in [0.3, 0.4) is 0 Å². The standard InChI is InChI=1S/C16H20N2O3S/c1-2-8-20-12-5-3-7-18(10-12)16(19)14-15(21-11-17-14)13-6-4-9-22-13/h4,6,9,11-12H,2-3,5,7-8,10H2,1H3/t12-/m0/s1. The molecule has 1 atom stereocenters. The molecule has 0 spiro atoms. The van der Waals surface area contributed by atoms with E-state index in [1.807, 2.05) is 22.4 Å². The molecule has 1 amide bonds. The molecule has 22 heavy (non-hydrogen) atoms. The number of ether oxygens (including phenoxy) is 1. The van der Waals surface area contributed by atoms with Crippen molar-refractivity contribution in [3.05, 3.63) is 29.6 Å². The van der Waals surface area contributed by atoms with Gasteiger partial charge in [0.2, 0.25) is 0 Å². The lowest BCUT2D eigenvalue weighted by Gasteiger charge is -2.32. The quantitative estimate of drug-likeness (QED) is 0.847. The van der Waals surface area contributed by atoms with Crippen LogP contribution in [0.2, 0.25) is 0 Å². The summed E-state index contributed by atoms with van der Waals surface area (Å²) in [5.74, 6) is 0.499. The fourth-order valence-corrected chi connectivity index (χ4v) is 3.39. The maximum atomic E-state index is 12.7. The van der Waals surface area contributed by atoms with Gasteiger partial charge in [0.15, 0.2) is 17.8 Å². The normalized spacial score (nSPS) is 18.6. The molecule has 0 aromatic carbocycles. The number of oxazole rings is 1. The predicted octanol–water partition coefficient (Wildman–Crippen LogP) is 3.43.